The third-order valence-corrected chi connectivity index (χ3v) is 14.1. The number of aromatic nitrogens is 4. The number of pyridine rings is 2. The van der Waals surface area contributed by atoms with E-state index in [9.17, 15) is 38.4 Å². The number of phenols is 1. The highest BCUT2D eigenvalue weighted by Crippen LogP contribution is 2.39. The van der Waals surface area contributed by atoms with Gasteiger partial charge >= 0.3 is 11.9 Å². The van der Waals surface area contributed by atoms with Gasteiger partial charge in [-0.05, 0) is 159 Å². The van der Waals surface area contributed by atoms with Gasteiger partial charge in [-0.3, -0.25) is 33.7 Å². The minimum absolute atomic E-state index is 0.152. The molecule has 4 heterocycles. The van der Waals surface area contributed by atoms with Crippen molar-refractivity contribution in [3.05, 3.63) is 169 Å². The van der Waals surface area contributed by atoms with Crippen LogP contribution in [0.2, 0.25) is 0 Å². The predicted molar refractivity (Wildman–Crippen MR) is 325 cm³/mol. The zero-order chi connectivity index (χ0) is 61.6. The van der Waals surface area contributed by atoms with Crippen molar-refractivity contribution in [2.45, 2.75) is 103 Å². The molecule has 0 aliphatic heterocycles. The monoisotopic (exact) mass is 1190 g/mol. The van der Waals surface area contributed by atoms with Gasteiger partial charge in [-0.15, -0.1) is 0 Å². The molecule has 452 valence electrons. The van der Waals surface area contributed by atoms with E-state index in [2.05, 4.69) is 40.4 Å². The number of methoxy groups -OCH3 is 2. The highest BCUT2D eigenvalue weighted by molar-refractivity contribution is 7.57. The number of aromatic hydroxyl groups is 1. The lowest BCUT2D eigenvalue weighted by atomic mass is 10.1. The van der Waals surface area contributed by atoms with Crippen molar-refractivity contribution in [1.29, 1.82) is 0 Å². The smallest absolute Gasteiger partial charge is 0.328 e. The minimum Gasteiger partial charge on any atom is -0.508 e. The number of aryl methyl sites for hydroxylation is 4. The van der Waals surface area contributed by atoms with Gasteiger partial charge in [0.2, 0.25) is 31.0 Å². The van der Waals surface area contributed by atoms with Gasteiger partial charge in [-0.2, -0.15) is 0 Å². The van der Waals surface area contributed by atoms with E-state index in [1.165, 1.54) is 28.1 Å². The molecule has 2 unspecified atom stereocenters. The van der Waals surface area contributed by atoms with Gasteiger partial charge in [0.15, 0.2) is 0 Å². The molecule has 86 heavy (non-hydrogen) atoms. The Morgan fingerprint density at radius 3 is 1.34 bits per heavy atom. The molecule has 8 aromatic rings. The van der Waals surface area contributed by atoms with E-state index in [4.69, 9.17) is 23.5 Å². The average molecular weight is 1190 g/mol. The number of fused-ring (bicyclic) bond motifs is 2. The molecular formula is C64H73N8O13P. The van der Waals surface area contributed by atoms with Crippen LogP contribution in [0, 0.1) is 0 Å². The van der Waals surface area contributed by atoms with E-state index >= 15 is 0 Å². The highest BCUT2D eigenvalue weighted by atomic mass is 31.2. The number of hydrogen-bond acceptors (Lipinski definition) is 15. The van der Waals surface area contributed by atoms with Crippen LogP contribution in [0.5, 0.6) is 34.5 Å². The Morgan fingerprint density at radius 2 is 0.953 bits per heavy atom. The Balaban J connectivity index is 0.000000247. The first kappa shape index (κ1) is 64.1. The maximum Gasteiger partial charge on any atom is 0.328 e. The summed E-state index contributed by atoms with van der Waals surface area (Å²) in [4.78, 5) is 81.4. The summed E-state index contributed by atoms with van der Waals surface area (Å²) in [6.45, 7) is 7.62. The lowest BCUT2D eigenvalue weighted by Crippen LogP contribution is -2.43. The van der Waals surface area contributed by atoms with Crippen molar-refractivity contribution >= 4 is 64.7 Å². The van der Waals surface area contributed by atoms with Crippen LogP contribution in [-0.2, 0) is 81.8 Å². The maximum absolute atomic E-state index is 12.8. The van der Waals surface area contributed by atoms with E-state index in [0.29, 0.717) is 28.7 Å². The summed E-state index contributed by atoms with van der Waals surface area (Å²) in [5.41, 5.74) is 5.85. The summed E-state index contributed by atoms with van der Waals surface area (Å²) >= 11 is 0. The number of rotatable bonds is 28. The zero-order valence-electron chi connectivity index (χ0n) is 49.1. The first-order chi connectivity index (χ1) is 41.3. The summed E-state index contributed by atoms with van der Waals surface area (Å²) < 4.78 is 43.3. The predicted octanol–water partition coefficient (Wildman–Crippen LogP) is 9.69. The fourth-order valence-electron chi connectivity index (χ4n) is 9.42. The van der Waals surface area contributed by atoms with Gasteiger partial charge in [0.25, 0.3) is 0 Å². The lowest BCUT2D eigenvalue weighted by molar-refractivity contribution is -0.146. The second-order valence-corrected chi connectivity index (χ2v) is 23.3. The van der Waals surface area contributed by atoms with Crippen LogP contribution in [0.3, 0.4) is 0 Å². The molecule has 0 saturated heterocycles. The molecule has 5 N–H and O–H groups in total. The standard InChI is InChI=1S/C33H39N4O7P.C31H34N4O6/c1-23(38)36-30(33(40)42-2)20-32(39)35-21-24-22-37(18-8-6-10-25-9-5-7-17-34-25)31-16-15-28(19-29(24)31)43-26-11-13-27(14-12-26)44-45(3,4)41;1-21(36)34-28(31(39)40-2)18-30(38)33-19-22-20-35(16-6-4-8-23-7-3-5-15-32-23)29-14-13-26(17-27(22)29)41-25-11-9-24(37)10-12-25/h5,7,9,11-17,19,22,30H,6,8,10,18,20-21H2,1-4H3,(H,35,39)(H,36,38);3,5,7,9-15,17,20,28,37H,4,6,8,16,18-19H2,1-2H3,(H,33,38)(H,34,36). The second kappa shape index (κ2) is 31.4. The minimum atomic E-state index is -2.68. The molecule has 22 heteroatoms. The number of unbranched alkanes of at least 4 members (excludes halogenated alkanes) is 2. The first-order valence-electron chi connectivity index (χ1n) is 28.1. The summed E-state index contributed by atoms with van der Waals surface area (Å²) in [5.74, 6) is -0.0277. The number of phenolic OH excluding ortho intramolecular Hbond substituents is 1. The van der Waals surface area contributed by atoms with Crippen molar-refractivity contribution in [2.24, 2.45) is 0 Å². The van der Waals surface area contributed by atoms with Crippen LogP contribution < -0.4 is 35.3 Å². The van der Waals surface area contributed by atoms with Gasteiger partial charge in [0.1, 0.15) is 46.6 Å². The molecular weight excluding hydrogens is 1120 g/mol. The lowest BCUT2D eigenvalue weighted by Gasteiger charge is -2.15. The third-order valence-electron chi connectivity index (χ3n) is 13.4. The fourth-order valence-corrected chi connectivity index (χ4v) is 10.0. The number of amides is 4. The van der Waals surface area contributed by atoms with Crippen molar-refractivity contribution in [3.8, 4) is 34.5 Å². The Hall–Kier alpha value is -9.49. The highest BCUT2D eigenvalue weighted by Gasteiger charge is 2.25. The van der Waals surface area contributed by atoms with Crippen molar-refractivity contribution in [2.75, 3.05) is 27.5 Å². The third kappa shape index (κ3) is 20.1. The largest absolute Gasteiger partial charge is 0.508 e. The van der Waals surface area contributed by atoms with E-state index < -0.39 is 55.0 Å². The SMILES string of the molecule is COC(=O)C(CC(=O)NCc1cn(CCCCc2ccccn2)c2ccc(Oc3ccc(O)cc3)cc12)NC(C)=O.COC(=O)C(CC(=O)NCc1cn(CCCCc2ccccn2)c2ccc(Oc3ccc(OP(C)(C)=O)cc3)cc12)NC(C)=O. The van der Waals surface area contributed by atoms with Crippen molar-refractivity contribution in [1.82, 2.24) is 40.4 Å². The van der Waals surface area contributed by atoms with Crippen molar-refractivity contribution < 1.29 is 61.9 Å². The number of carbonyl (C=O) groups excluding carboxylic acids is 6. The summed E-state index contributed by atoms with van der Waals surface area (Å²) in [6, 6.07) is 34.7. The molecule has 4 amide bonds. The molecule has 4 aromatic heterocycles. The molecule has 0 fully saturated rings. The molecule has 4 aromatic carbocycles. The van der Waals surface area contributed by atoms with Crippen LogP contribution >= 0.6 is 7.37 Å². The molecule has 2 atom stereocenters. The summed E-state index contributed by atoms with van der Waals surface area (Å²) in [7, 11) is -0.267. The molecule has 0 aliphatic carbocycles. The molecule has 0 saturated carbocycles. The molecule has 0 spiro atoms. The number of hydrogen-bond donors (Lipinski definition) is 5. The molecule has 0 radical (unpaired) electrons. The molecule has 0 aliphatic rings. The molecule has 0 bridgehead atoms. The topological polar surface area (TPSA) is 270 Å². The number of nitrogens with zero attached hydrogens (tertiary/aromatic N) is 4. The molecule has 8 rings (SSSR count). The second-order valence-electron chi connectivity index (χ2n) is 20.6. The quantitative estimate of drug-likeness (QED) is 0.0173. The number of nitrogens with one attached hydrogen (secondary N) is 4. The van der Waals surface area contributed by atoms with Gasteiger partial charge in [0, 0.05) is 111 Å². The fraction of sp³-hybridized carbons (Fsp3) is 0.312. The Kier molecular flexibility index (Phi) is 23.4. The van der Waals surface area contributed by atoms with Gasteiger partial charge < -0.3 is 59.0 Å². The first-order valence-corrected chi connectivity index (χ1v) is 30.6. The Labute approximate surface area is 499 Å². The number of carbonyl (C=O) groups is 6. The van der Waals surface area contributed by atoms with E-state index in [1.807, 2.05) is 85.2 Å². The van der Waals surface area contributed by atoms with E-state index in [-0.39, 0.29) is 31.7 Å². The average Bonchev–Trinajstić information content (AvgIpc) is 2.48. The van der Waals surface area contributed by atoms with Crippen LogP contribution in [0.15, 0.2) is 146 Å². The maximum atomic E-state index is 12.8. The summed E-state index contributed by atoms with van der Waals surface area (Å²) in [5, 5.41) is 22.0. The Bertz CT molecular complexity index is 3630. The van der Waals surface area contributed by atoms with Crippen LogP contribution in [0.1, 0.15) is 74.9 Å². The van der Waals surface area contributed by atoms with Crippen LogP contribution in [0.25, 0.3) is 21.8 Å². The van der Waals surface area contributed by atoms with Gasteiger partial charge in [-0.25, -0.2) is 9.59 Å². The van der Waals surface area contributed by atoms with E-state index in [1.54, 1.807) is 74.3 Å². The number of benzene rings is 4. The normalized spacial score (nSPS) is 11.7. The summed E-state index contributed by atoms with van der Waals surface area (Å²) in [6.07, 6.45) is 12.7. The molecule has 21 nitrogen and oxygen atoms in total. The number of ether oxygens (including phenoxy) is 4. The van der Waals surface area contributed by atoms with Gasteiger partial charge in [-0.1, -0.05) is 12.1 Å². The number of esters is 2. The van der Waals surface area contributed by atoms with Crippen molar-refractivity contribution in [3.63, 3.8) is 0 Å². The zero-order valence-corrected chi connectivity index (χ0v) is 50.0. The van der Waals surface area contributed by atoms with Gasteiger partial charge in [0.05, 0.1) is 27.1 Å². The van der Waals surface area contributed by atoms with E-state index in [0.717, 1.165) is 95.9 Å². The van der Waals surface area contributed by atoms with Crippen LogP contribution in [-0.4, -0.2) is 99.4 Å². The van der Waals surface area contributed by atoms with Crippen LogP contribution in [0.4, 0.5) is 0 Å². The Morgan fingerprint density at radius 1 is 0.547 bits per heavy atom.